The SMILES string of the molecule is Cc1c2ccc(C(C)(N)C=O)cc2c(C)c2ccc(C(C)(C)C)cc12. The molecule has 25 heavy (non-hydrogen) atoms. The highest BCUT2D eigenvalue weighted by atomic mass is 16.1. The first-order valence-corrected chi connectivity index (χ1v) is 8.79. The normalized spacial score (nSPS) is 14.7. The molecule has 0 aliphatic rings. The van der Waals surface area contributed by atoms with E-state index < -0.39 is 5.54 Å². The highest BCUT2D eigenvalue weighted by Crippen LogP contribution is 2.36. The molecule has 0 amide bonds. The Morgan fingerprint density at radius 2 is 1.20 bits per heavy atom. The fourth-order valence-corrected chi connectivity index (χ4v) is 3.52. The van der Waals surface area contributed by atoms with Crippen LogP contribution in [0, 0.1) is 13.8 Å². The summed E-state index contributed by atoms with van der Waals surface area (Å²) >= 11 is 0. The second-order valence-corrected chi connectivity index (χ2v) is 8.42. The standard InChI is InChI=1S/C23H27NO/c1-14-19-10-8-17(23(6,24)13-25)12-21(19)15(2)18-9-7-16(11-20(14)18)22(3,4)5/h7-13H,24H2,1-6H3. The van der Waals surface area contributed by atoms with E-state index in [1.54, 1.807) is 6.92 Å². The highest BCUT2D eigenvalue weighted by Gasteiger charge is 2.22. The largest absolute Gasteiger partial charge is 0.316 e. The summed E-state index contributed by atoms with van der Waals surface area (Å²) in [5.41, 5.74) is 10.00. The third-order valence-electron chi connectivity index (χ3n) is 5.39. The van der Waals surface area contributed by atoms with Crippen molar-refractivity contribution in [3.05, 3.63) is 58.7 Å². The number of benzene rings is 3. The molecule has 0 aliphatic heterocycles. The van der Waals surface area contributed by atoms with Crippen LogP contribution in [0.3, 0.4) is 0 Å². The lowest BCUT2D eigenvalue weighted by Crippen LogP contribution is -2.34. The Kier molecular flexibility index (Phi) is 4.00. The Balaban J connectivity index is 2.38. The first-order valence-electron chi connectivity index (χ1n) is 8.79. The van der Waals surface area contributed by atoms with Crippen LogP contribution in [-0.2, 0) is 15.7 Å². The molecule has 0 saturated heterocycles. The average molecular weight is 333 g/mol. The van der Waals surface area contributed by atoms with Crippen molar-refractivity contribution in [2.24, 2.45) is 5.73 Å². The van der Waals surface area contributed by atoms with Gasteiger partial charge in [-0.05, 0) is 76.1 Å². The molecule has 0 saturated carbocycles. The average Bonchev–Trinajstić information content (AvgIpc) is 2.57. The van der Waals surface area contributed by atoms with Gasteiger partial charge in [0.15, 0.2) is 0 Å². The Morgan fingerprint density at radius 3 is 1.64 bits per heavy atom. The Bertz CT molecular complexity index is 991. The predicted octanol–water partition coefficient (Wildman–Crippen LogP) is 5.28. The van der Waals surface area contributed by atoms with E-state index >= 15 is 0 Å². The molecule has 2 N–H and O–H groups in total. The van der Waals surface area contributed by atoms with Crippen molar-refractivity contribution in [2.45, 2.75) is 52.5 Å². The number of aryl methyl sites for hydroxylation is 2. The first-order chi connectivity index (χ1) is 11.6. The van der Waals surface area contributed by atoms with E-state index in [1.165, 1.54) is 38.2 Å². The van der Waals surface area contributed by atoms with Gasteiger partial charge in [0.2, 0.25) is 0 Å². The third-order valence-corrected chi connectivity index (χ3v) is 5.39. The molecule has 0 bridgehead atoms. The van der Waals surface area contributed by atoms with Crippen LogP contribution in [0.4, 0.5) is 0 Å². The van der Waals surface area contributed by atoms with Gasteiger partial charge in [-0.2, -0.15) is 0 Å². The smallest absolute Gasteiger partial charge is 0.144 e. The van der Waals surface area contributed by atoms with Gasteiger partial charge in [-0.15, -0.1) is 0 Å². The molecule has 2 nitrogen and oxygen atoms in total. The van der Waals surface area contributed by atoms with Gasteiger partial charge in [0, 0.05) is 0 Å². The number of carbonyl (C=O) groups is 1. The lowest BCUT2D eigenvalue weighted by atomic mass is 9.83. The fourth-order valence-electron chi connectivity index (χ4n) is 3.52. The van der Waals surface area contributed by atoms with Gasteiger partial charge in [-0.3, -0.25) is 0 Å². The molecule has 0 heterocycles. The minimum Gasteiger partial charge on any atom is -0.316 e. The van der Waals surface area contributed by atoms with E-state index in [4.69, 9.17) is 5.73 Å². The Labute approximate surface area is 150 Å². The van der Waals surface area contributed by atoms with E-state index in [2.05, 4.69) is 65.0 Å². The molecule has 1 atom stereocenters. The summed E-state index contributed by atoms with van der Waals surface area (Å²) < 4.78 is 0. The number of carbonyl (C=O) groups excluding carboxylic acids is 1. The maximum Gasteiger partial charge on any atom is 0.144 e. The second kappa shape index (κ2) is 5.67. The molecular weight excluding hydrogens is 306 g/mol. The summed E-state index contributed by atoms with van der Waals surface area (Å²) in [5, 5.41) is 4.96. The Morgan fingerprint density at radius 1 is 0.760 bits per heavy atom. The van der Waals surface area contributed by atoms with Crippen molar-refractivity contribution in [1.29, 1.82) is 0 Å². The van der Waals surface area contributed by atoms with Gasteiger partial charge in [0.05, 0.1) is 5.54 Å². The van der Waals surface area contributed by atoms with Crippen LogP contribution in [0.2, 0.25) is 0 Å². The van der Waals surface area contributed by atoms with E-state index in [1.807, 2.05) is 6.07 Å². The van der Waals surface area contributed by atoms with E-state index in [9.17, 15) is 4.79 Å². The molecule has 0 aliphatic carbocycles. The topological polar surface area (TPSA) is 43.1 Å². The van der Waals surface area contributed by atoms with Crippen molar-refractivity contribution in [3.63, 3.8) is 0 Å². The molecule has 2 heteroatoms. The minimum atomic E-state index is -0.959. The maximum absolute atomic E-state index is 11.3. The zero-order valence-corrected chi connectivity index (χ0v) is 16.0. The summed E-state index contributed by atoms with van der Waals surface area (Å²) in [6.07, 6.45) is 0.813. The summed E-state index contributed by atoms with van der Waals surface area (Å²) in [6, 6.07) is 12.9. The summed E-state index contributed by atoms with van der Waals surface area (Å²) in [6.45, 7) is 12.8. The molecule has 0 fully saturated rings. The van der Waals surface area contributed by atoms with Gasteiger partial charge < -0.3 is 10.5 Å². The van der Waals surface area contributed by atoms with E-state index in [0.29, 0.717) is 0 Å². The molecule has 3 aromatic rings. The number of nitrogens with two attached hydrogens (primary N) is 1. The minimum absolute atomic E-state index is 0.124. The van der Waals surface area contributed by atoms with Crippen LogP contribution in [0.1, 0.15) is 49.9 Å². The van der Waals surface area contributed by atoms with Gasteiger partial charge in [0.25, 0.3) is 0 Å². The molecule has 0 aromatic heterocycles. The van der Waals surface area contributed by atoms with Gasteiger partial charge in [-0.25, -0.2) is 0 Å². The third kappa shape index (κ3) is 2.85. The van der Waals surface area contributed by atoms with Crippen LogP contribution in [-0.4, -0.2) is 6.29 Å². The molecule has 3 aromatic carbocycles. The molecule has 130 valence electrons. The lowest BCUT2D eigenvalue weighted by Gasteiger charge is -2.22. The zero-order chi connectivity index (χ0) is 18.6. The molecule has 0 radical (unpaired) electrons. The number of rotatable bonds is 2. The number of aldehydes is 1. The summed E-state index contributed by atoms with van der Waals surface area (Å²) in [7, 11) is 0. The van der Waals surface area contributed by atoms with Crippen LogP contribution in [0.5, 0.6) is 0 Å². The summed E-state index contributed by atoms with van der Waals surface area (Å²) in [5.74, 6) is 0. The summed E-state index contributed by atoms with van der Waals surface area (Å²) in [4.78, 5) is 11.3. The molecular formula is C23H27NO. The molecule has 1 unspecified atom stereocenters. The van der Waals surface area contributed by atoms with Gasteiger partial charge in [-0.1, -0.05) is 51.1 Å². The monoisotopic (exact) mass is 333 g/mol. The van der Waals surface area contributed by atoms with Crippen molar-refractivity contribution in [2.75, 3.05) is 0 Å². The predicted molar refractivity (Wildman–Crippen MR) is 107 cm³/mol. The van der Waals surface area contributed by atoms with Crippen molar-refractivity contribution in [3.8, 4) is 0 Å². The van der Waals surface area contributed by atoms with Crippen LogP contribution >= 0.6 is 0 Å². The van der Waals surface area contributed by atoms with Crippen LogP contribution in [0.15, 0.2) is 36.4 Å². The highest BCUT2D eigenvalue weighted by molar-refractivity contribution is 6.06. The quantitative estimate of drug-likeness (QED) is 0.512. The number of hydrogen-bond acceptors (Lipinski definition) is 2. The first kappa shape index (κ1) is 17.6. The number of fused-ring (bicyclic) bond motifs is 2. The lowest BCUT2D eigenvalue weighted by molar-refractivity contribution is -0.112. The molecule has 0 spiro atoms. The van der Waals surface area contributed by atoms with Crippen molar-refractivity contribution >= 4 is 27.8 Å². The molecule has 3 rings (SSSR count). The van der Waals surface area contributed by atoms with Crippen molar-refractivity contribution < 1.29 is 4.79 Å². The zero-order valence-electron chi connectivity index (χ0n) is 16.0. The van der Waals surface area contributed by atoms with Gasteiger partial charge >= 0.3 is 0 Å². The van der Waals surface area contributed by atoms with Crippen molar-refractivity contribution in [1.82, 2.24) is 0 Å². The van der Waals surface area contributed by atoms with Gasteiger partial charge in [0.1, 0.15) is 6.29 Å². The van der Waals surface area contributed by atoms with E-state index in [-0.39, 0.29) is 5.41 Å². The van der Waals surface area contributed by atoms with E-state index in [0.717, 1.165) is 11.8 Å². The maximum atomic E-state index is 11.3. The Hall–Kier alpha value is -2.19. The number of hydrogen-bond donors (Lipinski definition) is 1. The second-order valence-electron chi connectivity index (χ2n) is 8.42. The van der Waals surface area contributed by atoms with Crippen LogP contribution < -0.4 is 5.73 Å². The fraction of sp³-hybridized carbons (Fsp3) is 0.348. The van der Waals surface area contributed by atoms with Crippen LogP contribution in [0.25, 0.3) is 21.5 Å².